The molecule has 0 aliphatic carbocycles. The van der Waals surface area contributed by atoms with Crippen molar-refractivity contribution in [1.29, 1.82) is 0 Å². The largest absolute Gasteiger partial charge is 0.464 e. The van der Waals surface area contributed by atoms with Gasteiger partial charge in [-0.3, -0.25) is 0 Å². The summed E-state index contributed by atoms with van der Waals surface area (Å²) in [6.45, 7) is 0.724. The second-order valence-corrected chi connectivity index (χ2v) is 3.63. The average Bonchev–Trinajstić information content (AvgIpc) is 2.33. The summed E-state index contributed by atoms with van der Waals surface area (Å²) in [4.78, 5) is 0. The predicted molar refractivity (Wildman–Crippen MR) is 58.6 cm³/mol. The molecule has 2 rings (SSSR count). The Labute approximate surface area is 94.4 Å². The van der Waals surface area contributed by atoms with Gasteiger partial charge in [0.25, 0.3) is 0 Å². The average molecular weight is 220 g/mol. The molecule has 3 heteroatoms. The van der Waals surface area contributed by atoms with Gasteiger partial charge in [-0.15, -0.1) is 4.39 Å². The zero-order valence-corrected chi connectivity index (χ0v) is 8.91. The lowest BCUT2D eigenvalue weighted by Gasteiger charge is -2.23. The van der Waals surface area contributed by atoms with Crippen LogP contribution < -0.4 is 4.74 Å². The fourth-order valence-corrected chi connectivity index (χ4v) is 1.67. The summed E-state index contributed by atoms with van der Waals surface area (Å²) in [5.74, 6) is 2.95. The van der Waals surface area contributed by atoms with Crippen LogP contribution in [0, 0.1) is 12.1 Å². The van der Waals surface area contributed by atoms with Crippen molar-refractivity contribution in [3.8, 4) is 17.8 Å². The maximum atomic E-state index is 12.0. The molecule has 0 bridgehead atoms. The molecule has 16 heavy (non-hydrogen) atoms. The van der Waals surface area contributed by atoms with E-state index >= 15 is 0 Å². The number of hydrogen-bond donors (Lipinski definition) is 0. The van der Waals surface area contributed by atoms with E-state index in [1.54, 1.807) is 18.2 Å². The highest BCUT2D eigenvalue weighted by Crippen LogP contribution is 2.22. The van der Waals surface area contributed by atoms with Crippen LogP contribution in [0.3, 0.4) is 0 Å². The van der Waals surface area contributed by atoms with Crippen LogP contribution in [0.5, 0.6) is 5.75 Å². The number of hydrogen-bond acceptors (Lipinski definition) is 2. The van der Waals surface area contributed by atoms with Crippen molar-refractivity contribution in [2.75, 3.05) is 6.61 Å². The van der Waals surface area contributed by atoms with E-state index in [1.165, 1.54) is 6.17 Å². The number of rotatable bonds is 2. The van der Waals surface area contributed by atoms with E-state index in [-0.39, 0.29) is 6.29 Å². The van der Waals surface area contributed by atoms with Crippen LogP contribution in [0.1, 0.15) is 24.8 Å². The van der Waals surface area contributed by atoms with Crippen molar-refractivity contribution in [2.24, 2.45) is 0 Å². The first kappa shape index (κ1) is 11.0. The van der Waals surface area contributed by atoms with E-state index in [2.05, 4.69) is 5.92 Å². The Balaban J connectivity index is 2.09. The maximum absolute atomic E-state index is 12.0. The highest BCUT2D eigenvalue weighted by atomic mass is 19.1. The molecule has 0 spiro atoms. The monoisotopic (exact) mass is 220 g/mol. The number of ether oxygens (including phenoxy) is 2. The van der Waals surface area contributed by atoms with Gasteiger partial charge in [0.1, 0.15) is 11.9 Å². The normalized spacial score (nSPS) is 19.7. The van der Waals surface area contributed by atoms with Gasteiger partial charge >= 0.3 is 0 Å². The summed E-state index contributed by atoms with van der Waals surface area (Å²) in [5.41, 5.74) is 0.555. The molecule has 1 saturated heterocycles. The third-order valence-corrected chi connectivity index (χ3v) is 2.47. The second-order valence-electron chi connectivity index (χ2n) is 3.63. The van der Waals surface area contributed by atoms with Crippen LogP contribution in [-0.4, -0.2) is 12.9 Å². The molecule has 1 aliphatic heterocycles. The number of halogens is 1. The standard InChI is InChI=1S/C13H13FO2/c14-9-8-11-5-1-2-6-12(11)16-13-7-3-4-10-15-13/h1-2,5-6,13H,3-4,7,10H2. The quantitative estimate of drug-likeness (QED) is 0.713. The smallest absolute Gasteiger partial charge is 0.199 e. The molecule has 2 nitrogen and oxygen atoms in total. The number of para-hydroxylation sites is 1. The number of benzene rings is 1. The molecule has 1 aromatic rings. The van der Waals surface area contributed by atoms with Crippen LogP contribution in [0.25, 0.3) is 0 Å². The maximum Gasteiger partial charge on any atom is 0.199 e. The van der Waals surface area contributed by atoms with Gasteiger partial charge in [-0.1, -0.05) is 12.1 Å². The Morgan fingerprint density at radius 2 is 2.19 bits per heavy atom. The van der Waals surface area contributed by atoms with Crippen molar-refractivity contribution < 1.29 is 13.9 Å². The van der Waals surface area contributed by atoms with Crippen molar-refractivity contribution >= 4 is 0 Å². The van der Waals surface area contributed by atoms with Gasteiger partial charge in [0, 0.05) is 6.42 Å². The summed E-state index contributed by atoms with van der Waals surface area (Å²) in [6, 6.07) is 7.14. The first-order valence-electron chi connectivity index (χ1n) is 5.39. The Bertz CT molecular complexity index is 400. The molecular weight excluding hydrogens is 207 g/mol. The Kier molecular flexibility index (Phi) is 3.79. The molecule has 0 saturated carbocycles. The topological polar surface area (TPSA) is 18.5 Å². The summed E-state index contributed by atoms with van der Waals surface area (Å²) in [6.07, 6.45) is 4.21. The minimum Gasteiger partial charge on any atom is -0.464 e. The van der Waals surface area contributed by atoms with E-state index in [0.29, 0.717) is 11.3 Å². The SMILES string of the molecule is FC#Cc1ccccc1OC1CCCCO1. The Morgan fingerprint density at radius 1 is 1.31 bits per heavy atom. The van der Waals surface area contributed by atoms with E-state index in [9.17, 15) is 4.39 Å². The molecule has 84 valence electrons. The van der Waals surface area contributed by atoms with E-state index < -0.39 is 0 Å². The van der Waals surface area contributed by atoms with E-state index in [1.807, 2.05) is 6.07 Å². The minimum absolute atomic E-state index is 0.226. The van der Waals surface area contributed by atoms with Gasteiger partial charge in [-0.2, -0.15) is 0 Å². The molecule has 0 aromatic heterocycles. The van der Waals surface area contributed by atoms with Gasteiger partial charge in [0.05, 0.1) is 12.2 Å². The first-order chi connectivity index (χ1) is 7.90. The predicted octanol–water partition coefficient (Wildman–Crippen LogP) is 2.87. The highest BCUT2D eigenvalue weighted by Gasteiger charge is 2.16. The third-order valence-electron chi connectivity index (χ3n) is 2.47. The lowest BCUT2D eigenvalue weighted by atomic mass is 10.2. The van der Waals surface area contributed by atoms with Crippen LogP contribution in [0.4, 0.5) is 4.39 Å². The second kappa shape index (κ2) is 5.53. The molecule has 1 heterocycles. The van der Waals surface area contributed by atoms with E-state index in [0.717, 1.165) is 25.9 Å². The highest BCUT2D eigenvalue weighted by molar-refractivity contribution is 5.45. The molecule has 1 fully saturated rings. The zero-order valence-electron chi connectivity index (χ0n) is 8.91. The fourth-order valence-electron chi connectivity index (χ4n) is 1.67. The summed E-state index contributed by atoms with van der Waals surface area (Å²) < 4.78 is 23.1. The van der Waals surface area contributed by atoms with Crippen LogP contribution >= 0.6 is 0 Å². The molecule has 1 atom stereocenters. The third kappa shape index (κ3) is 2.74. The van der Waals surface area contributed by atoms with Crippen LogP contribution in [0.15, 0.2) is 24.3 Å². The molecular formula is C13H13FO2. The van der Waals surface area contributed by atoms with Gasteiger partial charge in [-0.25, -0.2) is 0 Å². The van der Waals surface area contributed by atoms with Crippen molar-refractivity contribution in [1.82, 2.24) is 0 Å². The van der Waals surface area contributed by atoms with Crippen molar-refractivity contribution in [3.63, 3.8) is 0 Å². The van der Waals surface area contributed by atoms with Crippen LogP contribution in [-0.2, 0) is 4.74 Å². The van der Waals surface area contributed by atoms with Crippen molar-refractivity contribution in [3.05, 3.63) is 29.8 Å². The first-order valence-corrected chi connectivity index (χ1v) is 5.39. The Morgan fingerprint density at radius 3 is 2.94 bits per heavy atom. The molecule has 0 N–H and O–H groups in total. The molecule has 0 amide bonds. The molecule has 1 aliphatic rings. The molecule has 1 unspecified atom stereocenters. The Hall–Kier alpha value is -1.53. The fraction of sp³-hybridized carbons (Fsp3) is 0.385. The lowest BCUT2D eigenvalue weighted by molar-refractivity contribution is -0.106. The van der Waals surface area contributed by atoms with Gasteiger partial charge in [0.2, 0.25) is 0 Å². The van der Waals surface area contributed by atoms with Gasteiger partial charge in [-0.05, 0) is 30.9 Å². The van der Waals surface area contributed by atoms with Gasteiger partial charge < -0.3 is 9.47 Å². The van der Waals surface area contributed by atoms with Crippen molar-refractivity contribution in [2.45, 2.75) is 25.6 Å². The summed E-state index contributed by atoms with van der Waals surface area (Å²) >= 11 is 0. The molecule has 0 radical (unpaired) electrons. The summed E-state index contributed by atoms with van der Waals surface area (Å²) in [5, 5.41) is 0. The molecule has 1 aromatic carbocycles. The summed E-state index contributed by atoms with van der Waals surface area (Å²) in [7, 11) is 0. The van der Waals surface area contributed by atoms with E-state index in [4.69, 9.17) is 9.47 Å². The minimum atomic E-state index is -0.226. The zero-order chi connectivity index (χ0) is 11.2. The van der Waals surface area contributed by atoms with Crippen LogP contribution in [0.2, 0.25) is 0 Å². The lowest BCUT2D eigenvalue weighted by Crippen LogP contribution is -2.25. The van der Waals surface area contributed by atoms with Gasteiger partial charge in [0.15, 0.2) is 6.29 Å².